The molecular weight excluding hydrogens is 306 g/mol. The van der Waals surface area contributed by atoms with Crippen molar-refractivity contribution in [1.82, 2.24) is 4.98 Å². The van der Waals surface area contributed by atoms with Crippen LogP contribution in [0.5, 0.6) is 0 Å². The van der Waals surface area contributed by atoms with Crippen molar-refractivity contribution in [3.63, 3.8) is 0 Å². The number of halogens is 2. The van der Waals surface area contributed by atoms with Crippen molar-refractivity contribution < 1.29 is 17.2 Å². The first-order chi connectivity index (χ1) is 9.33. The normalized spacial score (nSPS) is 11.6. The van der Waals surface area contributed by atoms with Crippen LogP contribution in [0, 0.1) is 18.6 Å². The summed E-state index contributed by atoms with van der Waals surface area (Å²) in [7, 11) is -3.96. The van der Waals surface area contributed by atoms with Gasteiger partial charge < -0.3 is 0 Å². The Balaban J connectivity index is 2.35. The van der Waals surface area contributed by atoms with E-state index in [0.717, 1.165) is 17.1 Å². The Labute approximate surface area is 119 Å². The lowest BCUT2D eigenvalue weighted by molar-refractivity contribution is 0.504. The number of rotatable bonds is 4. The van der Waals surface area contributed by atoms with Crippen LogP contribution in [0.1, 0.15) is 17.6 Å². The molecule has 0 amide bonds. The van der Waals surface area contributed by atoms with Gasteiger partial charge in [-0.3, -0.25) is 4.72 Å². The summed E-state index contributed by atoms with van der Waals surface area (Å²) in [5, 5.41) is 1.18. The molecule has 0 aliphatic heterocycles. The molecule has 0 aliphatic rings. The predicted octanol–water partition coefficient (Wildman–Crippen LogP) is 3.09. The molecule has 1 heterocycles. The van der Waals surface area contributed by atoms with E-state index in [-0.39, 0.29) is 4.90 Å². The number of aryl methyl sites for hydroxylation is 2. The summed E-state index contributed by atoms with van der Waals surface area (Å²) < 4.78 is 52.5. The molecule has 2 aromatic rings. The highest BCUT2D eigenvalue weighted by Crippen LogP contribution is 2.27. The summed E-state index contributed by atoms with van der Waals surface area (Å²) in [4.78, 5) is 3.86. The van der Waals surface area contributed by atoms with Gasteiger partial charge >= 0.3 is 0 Å². The smallest absolute Gasteiger partial charge is 0.262 e. The molecule has 2 rings (SSSR count). The zero-order valence-electron chi connectivity index (χ0n) is 10.8. The van der Waals surface area contributed by atoms with Gasteiger partial charge in [-0.1, -0.05) is 6.92 Å². The second-order valence-corrected chi connectivity index (χ2v) is 6.82. The number of nitrogens with zero attached hydrogens (tertiary/aromatic N) is 1. The first-order valence-corrected chi connectivity index (χ1v) is 8.07. The topological polar surface area (TPSA) is 59.1 Å². The maximum atomic E-state index is 13.1. The number of nitrogens with one attached hydrogen (secondary N) is 1. The minimum atomic E-state index is -3.96. The van der Waals surface area contributed by atoms with Gasteiger partial charge in [-0.15, -0.1) is 11.3 Å². The van der Waals surface area contributed by atoms with Gasteiger partial charge in [-0.2, -0.15) is 0 Å². The Kier molecular flexibility index (Phi) is 4.05. The van der Waals surface area contributed by atoms with Crippen molar-refractivity contribution in [2.45, 2.75) is 25.2 Å². The van der Waals surface area contributed by atoms with Crippen LogP contribution in [0.3, 0.4) is 0 Å². The van der Waals surface area contributed by atoms with Crippen LogP contribution in [0.15, 0.2) is 23.1 Å². The quantitative estimate of drug-likeness (QED) is 0.942. The van der Waals surface area contributed by atoms with Gasteiger partial charge in [0.15, 0.2) is 11.6 Å². The standard InChI is InChI=1S/C12H12F2N2O2S2/c1-3-11-15-7(2)12(19-11)16-20(17,18)8-4-5-9(13)10(14)6-8/h4-6,16H,3H2,1-2H3. The largest absolute Gasteiger partial charge is 0.269 e. The van der Waals surface area contributed by atoms with Crippen molar-refractivity contribution in [3.8, 4) is 0 Å². The molecule has 1 aromatic carbocycles. The lowest BCUT2D eigenvalue weighted by atomic mass is 10.3. The van der Waals surface area contributed by atoms with Crippen molar-refractivity contribution in [2.24, 2.45) is 0 Å². The molecule has 0 spiro atoms. The third kappa shape index (κ3) is 2.96. The summed E-state index contributed by atoms with van der Waals surface area (Å²) >= 11 is 1.22. The van der Waals surface area contributed by atoms with E-state index in [9.17, 15) is 17.2 Å². The van der Waals surface area contributed by atoms with Gasteiger partial charge in [0.05, 0.1) is 15.6 Å². The van der Waals surface area contributed by atoms with Crippen molar-refractivity contribution in [2.75, 3.05) is 4.72 Å². The number of aromatic nitrogens is 1. The van der Waals surface area contributed by atoms with Gasteiger partial charge in [0.2, 0.25) is 0 Å². The van der Waals surface area contributed by atoms with Crippen LogP contribution in [-0.2, 0) is 16.4 Å². The Morgan fingerprint density at radius 1 is 1.30 bits per heavy atom. The molecule has 0 saturated carbocycles. The minimum Gasteiger partial charge on any atom is -0.269 e. The summed E-state index contributed by atoms with van der Waals surface area (Å²) in [6.07, 6.45) is 0.693. The number of sulfonamides is 1. The molecule has 20 heavy (non-hydrogen) atoms. The molecule has 1 aromatic heterocycles. The maximum Gasteiger partial charge on any atom is 0.262 e. The van der Waals surface area contributed by atoms with E-state index >= 15 is 0 Å². The van der Waals surface area contributed by atoms with Gasteiger partial charge in [-0.05, 0) is 31.5 Å². The third-order valence-corrected chi connectivity index (χ3v) is 5.27. The van der Waals surface area contributed by atoms with Crippen LogP contribution >= 0.6 is 11.3 Å². The molecule has 108 valence electrons. The van der Waals surface area contributed by atoms with Crippen molar-refractivity contribution >= 4 is 26.4 Å². The van der Waals surface area contributed by atoms with E-state index in [1.54, 1.807) is 6.92 Å². The van der Waals surface area contributed by atoms with Crippen LogP contribution in [0.2, 0.25) is 0 Å². The number of thiazole rings is 1. The number of benzene rings is 1. The summed E-state index contributed by atoms with van der Waals surface area (Å²) in [6.45, 7) is 3.59. The van der Waals surface area contributed by atoms with E-state index in [4.69, 9.17) is 0 Å². The molecule has 0 fully saturated rings. The summed E-state index contributed by atoms with van der Waals surface area (Å²) in [6, 6.07) is 2.44. The first-order valence-electron chi connectivity index (χ1n) is 5.77. The van der Waals surface area contributed by atoms with Gasteiger partial charge in [0.25, 0.3) is 10.0 Å². The molecule has 0 aliphatic carbocycles. The van der Waals surface area contributed by atoms with E-state index in [0.29, 0.717) is 23.2 Å². The van der Waals surface area contributed by atoms with Crippen molar-refractivity contribution in [3.05, 3.63) is 40.5 Å². The SMILES string of the molecule is CCc1nc(C)c(NS(=O)(=O)c2ccc(F)c(F)c2)s1. The zero-order valence-corrected chi connectivity index (χ0v) is 12.4. The zero-order chi connectivity index (χ0) is 14.9. The second kappa shape index (κ2) is 5.45. The lowest BCUT2D eigenvalue weighted by Crippen LogP contribution is -2.13. The predicted molar refractivity (Wildman–Crippen MR) is 73.4 cm³/mol. The van der Waals surface area contributed by atoms with Gasteiger partial charge in [0.1, 0.15) is 5.00 Å². The molecule has 1 N–H and O–H groups in total. The Morgan fingerprint density at radius 2 is 2.00 bits per heavy atom. The molecule has 0 unspecified atom stereocenters. The Morgan fingerprint density at radius 3 is 2.55 bits per heavy atom. The summed E-state index contributed by atoms with van der Waals surface area (Å²) in [5.41, 5.74) is 0.554. The van der Waals surface area contributed by atoms with Gasteiger partial charge in [-0.25, -0.2) is 22.2 Å². The summed E-state index contributed by atoms with van der Waals surface area (Å²) in [5.74, 6) is -2.30. The number of hydrogen-bond acceptors (Lipinski definition) is 4. The average Bonchev–Trinajstić information content (AvgIpc) is 2.73. The van der Waals surface area contributed by atoms with Crippen LogP contribution < -0.4 is 4.72 Å². The average molecular weight is 318 g/mol. The monoisotopic (exact) mass is 318 g/mol. The van der Waals surface area contributed by atoms with Gasteiger partial charge in [0, 0.05) is 0 Å². The fourth-order valence-corrected chi connectivity index (χ4v) is 3.79. The molecule has 4 nitrogen and oxygen atoms in total. The Hall–Kier alpha value is -1.54. The van der Waals surface area contributed by atoms with Crippen LogP contribution in [-0.4, -0.2) is 13.4 Å². The molecular formula is C12H12F2N2O2S2. The maximum absolute atomic E-state index is 13.1. The van der Waals surface area contributed by atoms with E-state index in [1.807, 2.05) is 6.92 Å². The van der Waals surface area contributed by atoms with E-state index in [2.05, 4.69) is 9.71 Å². The molecule has 0 radical (unpaired) electrons. The first kappa shape index (κ1) is 14.9. The van der Waals surface area contributed by atoms with Crippen LogP contribution in [0.4, 0.5) is 13.8 Å². The second-order valence-electron chi connectivity index (χ2n) is 4.06. The lowest BCUT2D eigenvalue weighted by Gasteiger charge is -2.06. The molecule has 0 bridgehead atoms. The third-order valence-electron chi connectivity index (χ3n) is 2.57. The van der Waals surface area contributed by atoms with E-state index in [1.165, 1.54) is 11.3 Å². The number of hydrogen-bond donors (Lipinski definition) is 1. The highest BCUT2D eigenvalue weighted by molar-refractivity contribution is 7.93. The van der Waals surface area contributed by atoms with Crippen molar-refractivity contribution in [1.29, 1.82) is 0 Å². The fourth-order valence-electron chi connectivity index (χ4n) is 1.52. The highest BCUT2D eigenvalue weighted by Gasteiger charge is 2.19. The highest BCUT2D eigenvalue weighted by atomic mass is 32.2. The van der Waals surface area contributed by atoms with E-state index < -0.39 is 21.7 Å². The van der Waals surface area contributed by atoms with Crippen LogP contribution in [0.25, 0.3) is 0 Å². The number of anilines is 1. The molecule has 0 atom stereocenters. The minimum absolute atomic E-state index is 0.331. The fraction of sp³-hybridized carbons (Fsp3) is 0.250. The Bertz CT molecular complexity index is 742. The molecule has 0 saturated heterocycles. The molecule has 8 heteroatoms.